The molecule has 1 aromatic rings. The summed E-state index contributed by atoms with van der Waals surface area (Å²) in [7, 11) is 3.30. The molecule has 0 heterocycles. The second kappa shape index (κ2) is 20.2. The molecule has 3 N–H and O–H groups in total. The molecule has 190 valence electrons. The third kappa shape index (κ3) is 17.8. The number of phenols is 1. The fourth-order valence-electron chi connectivity index (χ4n) is 3.29. The number of aromatic hydroxyl groups is 1. The van der Waals surface area contributed by atoms with Gasteiger partial charge in [-0.3, -0.25) is 0 Å². The lowest BCUT2D eigenvalue weighted by Gasteiger charge is -2.19. The van der Waals surface area contributed by atoms with Gasteiger partial charge in [-0.05, 0) is 25.0 Å². The standard InChI is InChI=1S/C17H35NO2.C9H12N2O2/c1-3-5-7-9-11-13-15-18(17(19)20)16-14-12-10-8-6-4-2;1-11(2)9(13)10-7-4-3-5-8(12)6-7/h3-16H2,1-2H3,(H,19,20);3-6,12H,1-2H3,(H,10,13). The first-order chi connectivity index (χ1) is 15.8. The van der Waals surface area contributed by atoms with Crippen LogP contribution in [0, 0.1) is 0 Å². The molecule has 0 saturated carbocycles. The van der Waals surface area contributed by atoms with E-state index in [-0.39, 0.29) is 11.8 Å². The zero-order valence-corrected chi connectivity index (χ0v) is 21.3. The van der Waals surface area contributed by atoms with Gasteiger partial charge in [0.25, 0.3) is 0 Å². The number of unbranched alkanes of at least 4 members (excludes halogenated alkanes) is 10. The van der Waals surface area contributed by atoms with Crippen LogP contribution in [-0.2, 0) is 0 Å². The lowest BCUT2D eigenvalue weighted by atomic mass is 10.1. The minimum Gasteiger partial charge on any atom is -0.508 e. The maximum Gasteiger partial charge on any atom is 0.407 e. The molecule has 0 radical (unpaired) electrons. The second-order valence-corrected chi connectivity index (χ2v) is 8.68. The fraction of sp³-hybridized carbons (Fsp3) is 0.692. The summed E-state index contributed by atoms with van der Waals surface area (Å²) in [5.41, 5.74) is 0.582. The van der Waals surface area contributed by atoms with Gasteiger partial charge in [-0.1, -0.05) is 84.1 Å². The molecule has 0 aliphatic carbocycles. The third-order valence-electron chi connectivity index (χ3n) is 5.34. The number of rotatable bonds is 15. The minimum atomic E-state index is -0.743. The number of carboxylic acid groups (broad SMARTS) is 1. The molecule has 0 fully saturated rings. The van der Waals surface area contributed by atoms with Crippen LogP contribution in [-0.4, -0.2) is 59.3 Å². The second-order valence-electron chi connectivity index (χ2n) is 8.68. The van der Waals surface area contributed by atoms with Gasteiger partial charge in [0.05, 0.1) is 0 Å². The lowest BCUT2D eigenvalue weighted by molar-refractivity contribution is 0.143. The van der Waals surface area contributed by atoms with Crippen LogP contribution in [0.2, 0.25) is 0 Å². The van der Waals surface area contributed by atoms with Gasteiger partial charge in [0.15, 0.2) is 0 Å². The summed E-state index contributed by atoms with van der Waals surface area (Å²) in [4.78, 5) is 25.3. The van der Waals surface area contributed by atoms with Crippen LogP contribution in [0.25, 0.3) is 0 Å². The minimum absolute atomic E-state index is 0.136. The number of carbonyl (C=O) groups excluding carboxylic acids is 1. The van der Waals surface area contributed by atoms with Crippen molar-refractivity contribution < 1.29 is 19.8 Å². The zero-order valence-electron chi connectivity index (χ0n) is 21.3. The van der Waals surface area contributed by atoms with Crippen molar-refractivity contribution in [1.82, 2.24) is 9.80 Å². The highest BCUT2D eigenvalue weighted by molar-refractivity contribution is 5.89. The number of urea groups is 1. The predicted octanol–water partition coefficient (Wildman–Crippen LogP) is 7.17. The van der Waals surface area contributed by atoms with Crippen LogP contribution in [0.3, 0.4) is 0 Å². The molecule has 0 bridgehead atoms. The van der Waals surface area contributed by atoms with Gasteiger partial charge >= 0.3 is 12.1 Å². The monoisotopic (exact) mass is 465 g/mol. The smallest absolute Gasteiger partial charge is 0.407 e. The molecule has 1 aromatic carbocycles. The molecule has 7 nitrogen and oxygen atoms in total. The number of amides is 3. The lowest BCUT2D eigenvalue weighted by Crippen LogP contribution is -2.31. The van der Waals surface area contributed by atoms with E-state index in [1.165, 1.54) is 75.2 Å². The summed E-state index contributed by atoms with van der Waals surface area (Å²) in [6, 6.07) is 6.19. The summed E-state index contributed by atoms with van der Waals surface area (Å²) < 4.78 is 0. The Balaban J connectivity index is 0.000000676. The molecule has 0 spiro atoms. The van der Waals surface area contributed by atoms with Crippen molar-refractivity contribution in [2.45, 2.75) is 90.9 Å². The van der Waals surface area contributed by atoms with Gasteiger partial charge in [0.2, 0.25) is 0 Å². The summed E-state index contributed by atoms with van der Waals surface area (Å²) in [5.74, 6) is 0.136. The van der Waals surface area contributed by atoms with Crippen LogP contribution < -0.4 is 5.32 Å². The molecule has 0 atom stereocenters. The number of benzene rings is 1. The summed E-state index contributed by atoms with van der Waals surface area (Å²) in [6.45, 7) is 5.87. The van der Waals surface area contributed by atoms with Gasteiger partial charge in [-0.2, -0.15) is 0 Å². The van der Waals surface area contributed by atoms with Crippen molar-refractivity contribution in [3.63, 3.8) is 0 Å². The van der Waals surface area contributed by atoms with Crippen LogP contribution in [0.4, 0.5) is 15.3 Å². The quantitative estimate of drug-likeness (QED) is 0.239. The van der Waals surface area contributed by atoms with E-state index < -0.39 is 6.09 Å². The van der Waals surface area contributed by atoms with Crippen molar-refractivity contribution >= 4 is 17.8 Å². The Kier molecular flexibility index (Phi) is 18.7. The van der Waals surface area contributed by atoms with E-state index in [9.17, 15) is 14.7 Å². The normalized spacial score (nSPS) is 10.2. The maximum absolute atomic E-state index is 11.2. The Bertz CT molecular complexity index is 622. The predicted molar refractivity (Wildman–Crippen MR) is 137 cm³/mol. The van der Waals surface area contributed by atoms with Gasteiger partial charge in [0, 0.05) is 38.9 Å². The van der Waals surface area contributed by atoms with Crippen molar-refractivity contribution in [1.29, 1.82) is 0 Å². The van der Waals surface area contributed by atoms with E-state index in [0.717, 1.165) is 25.9 Å². The van der Waals surface area contributed by atoms with Gasteiger partial charge < -0.3 is 25.3 Å². The number of nitrogens with zero attached hydrogens (tertiary/aromatic N) is 2. The number of hydrogen-bond acceptors (Lipinski definition) is 3. The Hall–Kier alpha value is -2.44. The van der Waals surface area contributed by atoms with E-state index in [4.69, 9.17) is 5.11 Å². The van der Waals surface area contributed by atoms with E-state index >= 15 is 0 Å². The van der Waals surface area contributed by atoms with Gasteiger partial charge in [-0.25, -0.2) is 9.59 Å². The van der Waals surface area contributed by atoms with Crippen molar-refractivity contribution in [2.75, 3.05) is 32.5 Å². The average molecular weight is 466 g/mol. The Morgan fingerprint density at radius 2 is 1.30 bits per heavy atom. The first-order valence-electron chi connectivity index (χ1n) is 12.6. The molecule has 7 heteroatoms. The Morgan fingerprint density at radius 3 is 1.73 bits per heavy atom. The molecular weight excluding hydrogens is 418 g/mol. The van der Waals surface area contributed by atoms with E-state index in [1.54, 1.807) is 37.2 Å². The number of hydrogen-bond donors (Lipinski definition) is 3. The Labute approximate surface area is 201 Å². The molecule has 1 rings (SSSR count). The molecule has 0 saturated heterocycles. The maximum atomic E-state index is 11.2. The Morgan fingerprint density at radius 1 is 0.818 bits per heavy atom. The van der Waals surface area contributed by atoms with Crippen LogP contribution in [0.1, 0.15) is 90.9 Å². The summed E-state index contributed by atoms with van der Waals surface area (Å²) >= 11 is 0. The first kappa shape index (κ1) is 30.6. The highest BCUT2D eigenvalue weighted by Crippen LogP contribution is 2.15. The van der Waals surface area contributed by atoms with Gasteiger partial charge in [-0.15, -0.1) is 0 Å². The van der Waals surface area contributed by atoms with Crippen LogP contribution >= 0.6 is 0 Å². The molecule has 0 aliphatic heterocycles. The fourth-order valence-corrected chi connectivity index (χ4v) is 3.29. The third-order valence-corrected chi connectivity index (χ3v) is 5.34. The number of carbonyl (C=O) groups is 2. The van der Waals surface area contributed by atoms with Crippen molar-refractivity contribution in [3.8, 4) is 5.75 Å². The van der Waals surface area contributed by atoms with Crippen LogP contribution in [0.5, 0.6) is 5.75 Å². The molecule has 33 heavy (non-hydrogen) atoms. The number of anilines is 1. The molecule has 0 aromatic heterocycles. The highest BCUT2D eigenvalue weighted by Gasteiger charge is 2.10. The van der Waals surface area contributed by atoms with E-state index in [2.05, 4.69) is 19.2 Å². The number of phenolic OH excluding ortho intramolecular Hbond substituents is 1. The molecule has 3 amide bonds. The highest BCUT2D eigenvalue weighted by atomic mass is 16.4. The largest absolute Gasteiger partial charge is 0.508 e. The first-order valence-corrected chi connectivity index (χ1v) is 12.6. The van der Waals surface area contributed by atoms with E-state index in [1.807, 2.05) is 0 Å². The number of nitrogens with one attached hydrogen (secondary N) is 1. The SMILES string of the molecule is CCCCCCCCN(CCCCCCCC)C(=O)O.CN(C)C(=O)Nc1cccc(O)c1. The van der Waals surface area contributed by atoms with Crippen molar-refractivity contribution in [3.05, 3.63) is 24.3 Å². The topological polar surface area (TPSA) is 93.1 Å². The van der Waals surface area contributed by atoms with Gasteiger partial charge in [0.1, 0.15) is 5.75 Å². The average Bonchev–Trinajstić information content (AvgIpc) is 2.77. The summed E-state index contributed by atoms with van der Waals surface area (Å²) in [6.07, 6.45) is 13.9. The van der Waals surface area contributed by atoms with E-state index in [0.29, 0.717) is 5.69 Å². The van der Waals surface area contributed by atoms with Crippen LogP contribution in [0.15, 0.2) is 24.3 Å². The zero-order chi connectivity index (χ0) is 24.9. The molecular formula is C26H47N3O4. The molecule has 0 aliphatic rings. The summed E-state index contributed by atoms with van der Waals surface area (Å²) in [5, 5.41) is 20.9. The van der Waals surface area contributed by atoms with Crippen molar-refractivity contribution in [2.24, 2.45) is 0 Å². The molecule has 0 unspecified atom stereocenters.